The zero-order chi connectivity index (χ0) is 11.3. The van der Waals surface area contributed by atoms with Crippen molar-refractivity contribution in [2.24, 2.45) is 0 Å². The Morgan fingerprint density at radius 1 is 1.80 bits per heavy atom. The smallest absolute Gasteiger partial charge is 0.217 e. The Hall–Kier alpha value is -1.35. The molecule has 1 amide bonds. The molecule has 0 saturated carbocycles. The van der Waals surface area contributed by atoms with E-state index in [-0.39, 0.29) is 11.9 Å². The highest BCUT2D eigenvalue weighted by Crippen LogP contribution is 2.18. The van der Waals surface area contributed by atoms with Crippen LogP contribution >= 0.6 is 11.6 Å². The average Bonchev–Trinajstić information content (AvgIpc) is 2.16. The molecular formula is C11H13ClN2O. The van der Waals surface area contributed by atoms with Gasteiger partial charge >= 0.3 is 0 Å². The van der Waals surface area contributed by atoms with Crippen LogP contribution in [0.25, 0.3) is 0 Å². The largest absolute Gasteiger partial charge is 0.348 e. The number of nitrogens with zero attached hydrogens (tertiary/aromatic N) is 1. The lowest BCUT2D eigenvalue weighted by atomic mass is 10.1. The summed E-state index contributed by atoms with van der Waals surface area (Å²) >= 11 is 5.85. The molecule has 1 aromatic rings. The van der Waals surface area contributed by atoms with Crippen LogP contribution in [0, 0.1) is 0 Å². The Morgan fingerprint density at radius 3 is 3.07 bits per heavy atom. The number of halogens is 1. The first-order chi connectivity index (χ1) is 7.13. The second-order valence-corrected chi connectivity index (χ2v) is 3.61. The lowest BCUT2D eigenvalue weighted by Gasteiger charge is -2.15. The van der Waals surface area contributed by atoms with Crippen molar-refractivity contribution in [1.82, 2.24) is 10.3 Å². The molecule has 0 saturated heterocycles. The highest BCUT2D eigenvalue weighted by atomic mass is 35.5. The van der Waals surface area contributed by atoms with Crippen LogP contribution < -0.4 is 5.32 Å². The quantitative estimate of drug-likeness (QED) is 0.799. The zero-order valence-electron chi connectivity index (χ0n) is 8.53. The number of rotatable bonds is 4. The number of carbonyl (C=O) groups excluding carboxylic acids is 1. The molecule has 3 nitrogen and oxygen atoms in total. The van der Waals surface area contributed by atoms with Gasteiger partial charge in [0.2, 0.25) is 5.91 Å². The minimum Gasteiger partial charge on any atom is -0.348 e. The monoisotopic (exact) mass is 224 g/mol. The van der Waals surface area contributed by atoms with Crippen LogP contribution in [0.4, 0.5) is 0 Å². The number of amides is 1. The summed E-state index contributed by atoms with van der Waals surface area (Å²) < 4.78 is 0. The molecule has 1 N–H and O–H groups in total. The van der Waals surface area contributed by atoms with Gasteiger partial charge in [-0.25, -0.2) is 0 Å². The summed E-state index contributed by atoms with van der Waals surface area (Å²) in [5, 5.41) is 3.40. The number of aromatic nitrogens is 1. The van der Waals surface area contributed by atoms with E-state index in [9.17, 15) is 4.79 Å². The first-order valence-corrected chi connectivity index (χ1v) is 5.00. The van der Waals surface area contributed by atoms with Crippen molar-refractivity contribution in [3.8, 4) is 0 Å². The first kappa shape index (κ1) is 11.7. The SMILES string of the molecule is C=CC[C@H](NC(C)=O)c1cc(Cl)ccn1. The minimum absolute atomic E-state index is 0.0939. The highest BCUT2D eigenvalue weighted by molar-refractivity contribution is 6.30. The Labute approximate surface area is 94.2 Å². The summed E-state index contributed by atoms with van der Waals surface area (Å²) in [5.74, 6) is -0.0939. The molecule has 0 fully saturated rings. The van der Waals surface area contributed by atoms with Crippen LogP contribution in [0.2, 0.25) is 5.02 Å². The van der Waals surface area contributed by atoms with Crippen LogP contribution in [-0.4, -0.2) is 10.9 Å². The van der Waals surface area contributed by atoms with E-state index in [1.54, 1.807) is 24.4 Å². The third kappa shape index (κ3) is 3.72. The Bertz CT molecular complexity index is 365. The van der Waals surface area contributed by atoms with Gasteiger partial charge in [0.25, 0.3) is 0 Å². The van der Waals surface area contributed by atoms with Crippen LogP contribution in [0.1, 0.15) is 25.1 Å². The Morgan fingerprint density at radius 2 is 2.53 bits per heavy atom. The standard InChI is InChI=1S/C11H13ClN2O/c1-3-4-10(14-8(2)15)11-7-9(12)5-6-13-11/h3,5-7,10H,1,4H2,2H3,(H,14,15)/t10-/m0/s1. The second-order valence-electron chi connectivity index (χ2n) is 3.18. The summed E-state index contributed by atoms with van der Waals surface area (Å²) in [6.45, 7) is 5.12. The number of carbonyl (C=O) groups is 1. The van der Waals surface area contributed by atoms with Gasteiger partial charge in [-0.1, -0.05) is 17.7 Å². The molecule has 0 aliphatic carbocycles. The Kier molecular flexibility index (Phi) is 4.31. The van der Waals surface area contributed by atoms with Gasteiger partial charge in [0.1, 0.15) is 0 Å². The predicted octanol–water partition coefficient (Wildman–Crippen LogP) is 2.49. The van der Waals surface area contributed by atoms with Gasteiger partial charge in [-0.05, 0) is 18.6 Å². The van der Waals surface area contributed by atoms with Crippen molar-refractivity contribution in [2.75, 3.05) is 0 Å². The molecule has 80 valence electrons. The maximum atomic E-state index is 11.0. The third-order valence-corrected chi connectivity index (χ3v) is 2.12. The summed E-state index contributed by atoms with van der Waals surface area (Å²) in [6.07, 6.45) is 3.99. The van der Waals surface area contributed by atoms with E-state index in [0.717, 1.165) is 5.69 Å². The van der Waals surface area contributed by atoms with E-state index >= 15 is 0 Å². The molecule has 1 rings (SSSR count). The average molecular weight is 225 g/mol. The van der Waals surface area contributed by atoms with E-state index in [2.05, 4.69) is 16.9 Å². The first-order valence-electron chi connectivity index (χ1n) is 4.63. The molecule has 1 heterocycles. The van der Waals surface area contributed by atoms with E-state index in [1.165, 1.54) is 6.92 Å². The normalized spacial score (nSPS) is 11.9. The van der Waals surface area contributed by atoms with Crippen molar-refractivity contribution < 1.29 is 4.79 Å². The number of pyridine rings is 1. The lowest BCUT2D eigenvalue weighted by molar-refractivity contribution is -0.119. The minimum atomic E-state index is -0.154. The van der Waals surface area contributed by atoms with Gasteiger partial charge in [0.15, 0.2) is 0 Å². The molecule has 0 aliphatic heterocycles. The second kappa shape index (κ2) is 5.51. The molecule has 0 aromatic carbocycles. The molecule has 4 heteroatoms. The molecule has 1 aromatic heterocycles. The lowest BCUT2D eigenvalue weighted by Crippen LogP contribution is -2.26. The molecule has 15 heavy (non-hydrogen) atoms. The summed E-state index contributed by atoms with van der Waals surface area (Å²) in [4.78, 5) is 15.1. The fourth-order valence-electron chi connectivity index (χ4n) is 1.28. The van der Waals surface area contributed by atoms with Gasteiger partial charge in [0, 0.05) is 18.1 Å². The predicted molar refractivity (Wildman–Crippen MR) is 60.6 cm³/mol. The number of hydrogen-bond donors (Lipinski definition) is 1. The van der Waals surface area contributed by atoms with Crippen molar-refractivity contribution >= 4 is 17.5 Å². The van der Waals surface area contributed by atoms with Crippen molar-refractivity contribution in [1.29, 1.82) is 0 Å². The fourth-order valence-corrected chi connectivity index (χ4v) is 1.45. The van der Waals surface area contributed by atoms with Gasteiger partial charge in [-0.2, -0.15) is 0 Å². The Balaban J connectivity index is 2.87. The van der Waals surface area contributed by atoms with E-state index in [0.29, 0.717) is 11.4 Å². The van der Waals surface area contributed by atoms with Gasteiger partial charge in [0.05, 0.1) is 11.7 Å². The maximum absolute atomic E-state index is 11.0. The summed E-state index contributed by atoms with van der Waals surface area (Å²) in [5.41, 5.74) is 0.748. The maximum Gasteiger partial charge on any atom is 0.217 e. The third-order valence-electron chi connectivity index (χ3n) is 1.88. The summed E-state index contributed by atoms with van der Waals surface area (Å²) in [6, 6.07) is 3.29. The molecule has 0 radical (unpaired) electrons. The van der Waals surface area contributed by atoms with Crippen molar-refractivity contribution in [3.63, 3.8) is 0 Å². The highest BCUT2D eigenvalue weighted by Gasteiger charge is 2.12. The van der Waals surface area contributed by atoms with E-state index in [4.69, 9.17) is 11.6 Å². The molecular weight excluding hydrogens is 212 g/mol. The van der Waals surface area contributed by atoms with Crippen LogP contribution in [-0.2, 0) is 4.79 Å². The van der Waals surface area contributed by atoms with E-state index in [1.807, 2.05) is 0 Å². The summed E-state index contributed by atoms with van der Waals surface area (Å²) in [7, 11) is 0. The molecule has 0 spiro atoms. The molecule has 0 bridgehead atoms. The zero-order valence-corrected chi connectivity index (χ0v) is 9.29. The van der Waals surface area contributed by atoms with Crippen LogP contribution in [0.5, 0.6) is 0 Å². The number of hydrogen-bond acceptors (Lipinski definition) is 2. The van der Waals surface area contributed by atoms with Gasteiger partial charge in [-0.15, -0.1) is 6.58 Å². The van der Waals surface area contributed by atoms with Crippen molar-refractivity contribution in [2.45, 2.75) is 19.4 Å². The molecule has 0 aliphatic rings. The van der Waals surface area contributed by atoms with Gasteiger partial charge in [-0.3, -0.25) is 9.78 Å². The van der Waals surface area contributed by atoms with Crippen molar-refractivity contribution in [3.05, 3.63) is 41.7 Å². The van der Waals surface area contributed by atoms with Crippen LogP contribution in [0.3, 0.4) is 0 Å². The van der Waals surface area contributed by atoms with Crippen LogP contribution in [0.15, 0.2) is 31.0 Å². The number of nitrogens with one attached hydrogen (secondary N) is 1. The molecule has 1 atom stereocenters. The topological polar surface area (TPSA) is 42.0 Å². The van der Waals surface area contributed by atoms with E-state index < -0.39 is 0 Å². The molecule has 0 unspecified atom stereocenters. The fraction of sp³-hybridized carbons (Fsp3) is 0.273. The van der Waals surface area contributed by atoms with Gasteiger partial charge < -0.3 is 5.32 Å².